The zero-order valence-corrected chi connectivity index (χ0v) is 35.5. The molecule has 1 aromatic rings. The molecule has 4 heterocycles. The largest absolute Gasteiger partial charge is 0.508 e. The van der Waals surface area contributed by atoms with E-state index in [4.69, 9.17) is 47.4 Å². The summed E-state index contributed by atoms with van der Waals surface area (Å²) in [6, 6.07) is 6.15. The maximum atomic E-state index is 13.7. The van der Waals surface area contributed by atoms with Gasteiger partial charge in [0.25, 0.3) is 0 Å². The van der Waals surface area contributed by atoms with Gasteiger partial charge in [0, 0.05) is 29.4 Å². The van der Waals surface area contributed by atoms with E-state index in [0.717, 1.165) is 38.4 Å². The van der Waals surface area contributed by atoms with Gasteiger partial charge in [0.15, 0.2) is 12.6 Å². The van der Waals surface area contributed by atoms with Gasteiger partial charge in [-0.3, -0.25) is 9.59 Å². The molecule has 5 rings (SSSR count). The van der Waals surface area contributed by atoms with Crippen LogP contribution in [0.4, 0.5) is 0 Å². The molecule has 0 bridgehead atoms. The van der Waals surface area contributed by atoms with Crippen LogP contribution in [0.15, 0.2) is 71.2 Å². The summed E-state index contributed by atoms with van der Waals surface area (Å²) in [6.45, 7) is -3.09. The molecule has 14 atom stereocenters. The first-order chi connectivity index (χ1) is 31.6. The minimum absolute atomic E-state index is 0.0332. The van der Waals surface area contributed by atoms with Crippen molar-refractivity contribution in [1.82, 2.24) is 0 Å². The van der Waals surface area contributed by atoms with Crippen LogP contribution in [-0.2, 0) is 73.0 Å². The van der Waals surface area contributed by atoms with E-state index < -0.39 is 149 Å². The van der Waals surface area contributed by atoms with Gasteiger partial charge in [-0.25, -0.2) is 9.59 Å². The first kappa shape index (κ1) is 51.9. The lowest BCUT2D eigenvalue weighted by molar-refractivity contribution is -0.328. The molecular weight excluding hydrogens is 888 g/mol. The number of methoxy groups -OCH3 is 2. The smallest absolute Gasteiger partial charge is 0.337 e. The Morgan fingerprint density at radius 2 is 1.08 bits per heavy atom. The minimum Gasteiger partial charge on any atom is -0.508 e. The number of benzene rings is 1. The number of ether oxygens (including phenoxy) is 10. The fourth-order valence-corrected chi connectivity index (χ4v) is 7.39. The fraction of sp³-hybridized carbons (Fsp3) is 0.571. The molecule has 2 saturated heterocycles. The fourth-order valence-electron chi connectivity index (χ4n) is 7.39. The van der Waals surface area contributed by atoms with Crippen molar-refractivity contribution in [2.45, 2.75) is 93.3 Å². The minimum atomic E-state index is -1.93. The van der Waals surface area contributed by atoms with Crippen LogP contribution in [-0.4, -0.2) is 196 Å². The normalized spacial score (nSPS) is 33.4. The van der Waals surface area contributed by atoms with Crippen LogP contribution in [0.1, 0.15) is 18.4 Å². The van der Waals surface area contributed by atoms with Crippen molar-refractivity contribution in [3.63, 3.8) is 0 Å². The van der Waals surface area contributed by atoms with Crippen molar-refractivity contribution in [2.75, 3.05) is 47.3 Å². The molecule has 0 aliphatic carbocycles. The summed E-state index contributed by atoms with van der Waals surface area (Å²) in [6.07, 6.45) is -17.5. The van der Waals surface area contributed by atoms with E-state index in [1.165, 1.54) is 18.2 Å². The quantitative estimate of drug-likeness (QED) is 0.0385. The van der Waals surface area contributed by atoms with Gasteiger partial charge in [-0.05, 0) is 23.8 Å². The number of esters is 4. The number of hydrogen-bond acceptors (Lipinski definition) is 24. The Kier molecular flexibility index (Phi) is 19.0. The molecule has 0 spiro atoms. The summed E-state index contributed by atoms with van der Waals surface area (Å²) in [5, 5.41) is 101. The van der Waals surface area contributed by atoms with Crippen molar-refractivity contribution in [2.24, 2.45) is 11.8 Å². The van der Waals surface area contributed by atoms with Crippen molar-refractivity contribution < 1.29 is 118 Å². The third-order valence-corrected chi connectivity index (χ3v) is 11.0. The highest BCUT2D eigenvalue weighted by atomic mass is 16.8. The highest BCUT2D eigenvalue weighted by Crippen LogP contribution is 2.38. The van der Waals surface area contributed by atoms with Gasteiger partial charge in [0.2, 0.25) is 12.6 Å². The van der Waals surface area contributed by atoms with Crippen LogP contribution >= 0.6 is 0 Å². The SMILES string of the molecule is COC(=O)C1=COC(OC2OC(CO)C(O)C(O)C2O)C(=CCO)C1CC(=O)OCC=C1C(OC2OC(CO)C(O)C(O)C2O)OC=C(C(=O)OC)C1CC(=O)OCCc1ccc(O)cc1. The van der Waals surface area contributed by atoms with Gasteiger partial charge >= 0.3 is 23.9 Å². The van der Waals surface area contributed by atoms with Gasteiger partial charge in [0.05, 0.1) is 77.2 Å². The molecule has 2 fully saturated rings. The van der Waals surface area contributed by atoms with Crippen LogP contribution in [0.25, 0.3) is 0 Å². The van der Waals surface area contributed by atoms with E-state index in [-0.39, 0.29) is 41.1 Å². The molecule has 24 nitrogen and oxygen atoms in total. The Balaban J connectivity index is 1.40. The van der Waals surface area contributed by atoms with Crippen molar-refractivity contribution in [1.29, 1.82) is 0 Å². The molecule has 10 N–H and O–H groups in total. The number of phenolic OH excluding ortho intramolecular Hbond substituents is 1. The monoisotopic (exact) mass is 942 g/mol. The number of aliphatic hydroxyl groups is 9. The Hall–Kier alpha value is -5.06. The molecule has 0 saturated carbocycles. The number of aliphatic hydroxyl groups excluding tert-OH is 9. The number of phenols is 1. The maximum Gasteiger partial charge on any atom is 0.337 e. The summed E-state index contributed by atoms with van der Waals surface area (Å²) in [4.78, 5) is 53.0. The molecule has 1 aromatic carbocycles. The van der Waals surface area contributed by atoms with Crippen LogP contribution in [0, 0.1) is 11.8 Å². The van der Waals surface area contributed by atoms with Gasteiger partial charge in [-0.2, -0.15) is 0 Å². The Bertz CT molecular complexity index is 1940. The molecule has 66 heavy (non-hydrogen) atoms. The molecule has 0 radical (unpaired) electrons. The molecule has 0 amide bonds. The Morgan fingerprint density at radius 3 is 1.52 bits per heavy atom. The second-order valence-electron chi connectivity index (χ2n) is 15.2. The van der Waals surface area contributed by atoms with Gasteiger partial charge in [-0.1, -0.05) is 18.2 Å². The second-order valence-corrected chi connectivity index (χ2v) is 15.2. The molecule has 4 aliphatic rings. The predicted octanol–water partition coefficient (Wildman–Crippen LogP) is -3.66. The average Bonchev–Trinajstić information content (AvgIpc) is 3.31. The molecule has 0 aromatic heterocycles. The second kappa shape index (κ2) is 24.1. The van der Waals surface area contributed by atoms with E-state index in [1.807, 2.05) is 0 Å². The van der Waals surface area contributed by atoms with E-state index >= 15 is 0 Å². The first-order valence-electron chi connectivity index (χ1n) is 20.5. The summed E-state index contributed by atoms with van der Waals surface area (Å²) in [5.41, 5.74) is 0.0413. The number of carbonyl (C=O) groups is 4. The topological polar surface area (TPSA) is 363 Å². The van der Waals surface area contributed by atoms with Crippen LogP contribution in [0.5, 0.6) is 5.75 Å². The molecule has 14 unspecified atom stereocenters. The van der Waals surface area contributed by atoms with Crippen molar-refractivity contribution >= 4 is 23.9 Å². The number of rotatable bonds is 18. The lowest BCUT2D eigenvalue weighted by atomic mass is 9.86. The Morgan fingerprint density at radius 1 is 0.621 bits per heavy atom. The number of hydrogen-bond donors (Lipinski definition) is 10. The third kappa shape index (κ3) is 12.5. The first-order valence-corrected chi connectivity index (χ1v) is 20.5. The van der Waals surface area contributed by atoms with Crippen LogP contribution in [0.2, 0.25) is 0 Å². The van der Waals surface area contributed by atoms with Crippen LogP contribution in [0.3, 0.4) is 0 Å². The summed E-state index contributed by atoms with van der Waals surface area (Å²) >= 11 is 0. The van der Waals surface area contributed by atoms with Gasteiger partial charge < -0.3 is 98.4 Å². The van der Waals surface area contributed by atoms with E-state index in [2.05, 4.69) is 0 Å². The number of aromatic hydroxyl groups is 1. The van der Waals surface area contributed by atoms with E-state index in [9.17, 15) is 70.2 Å². The zero-order valence-electron chi connectivity index (χ0n) is 35.5. The van der Waals surface area contributed by atoms with E-state index in [1.54, 1.807) is 12.1 Å². The van der Waals surface area contributed by atoms with Crippen molar-refractivity contribution in [3.8, 4) is 5.75 Å². The zero-order chi connectivity index (χ0) is 48.2. The van der Waals surface area contributed by atoms with Crippen LogP contribution < -0.4 is 0 Å². The van der Waals surface area contributed by atoms with Crippen molar-refractivity contribution in [3.05, 3.63) is 76.8 Å². The average molecular weight is 943 g/mol. The molecule has 24 heteroatoms. The molecular formula is C42H54O24. The standard InChI is InChI=1S/C42H54O24/c1-57-37(55)25-17-61-39(65-41-35(53)33(51)31(49)27(15-44)63-41)21(7-10-43)23(25)13-30(48)60-12-9-22-24(14-29(47)59-11-8-19-3-5-20(46)6-4-19)26(38(56)58-2)18-62-40(22)66-42-36(54)34(52)32(50)28(16-45)64-42/h3-7,9,17-18,23-24,27-28,31-36,39-46,49-54H,8,10-16H2,1-2H3. The highest BCUT2D eigenvalue weighted by Gasteiger charge is 2.49. The van der Waals surface area contributed by atoms with Gasteiger partial charge in [0.1, 0.15) is 61.2 Å². The Labute approximate surface area is 376 Å². The summed E-state index contributed by atoms with van der Waals surface area (Å²) in [5.74, 6) is -6.38. The number of carbonyl (C=O) groups excluding carboxylic acids is 4. The summed E-state index contributed by atoms with van der Waals surface area (Å²) < 4.78 is 54.5. The summed E-state index contributed by atoms with van der Waals surface area (Å²) in [7, 11) is 2.11. The predicted molar refractivity (Wildman–Crippen MR) is 213 cm³/mol. The molecule has 4 aliphatic heterocycles. The lowest BCUT2D eigenvalue weighted by Gasteiger charge is -2.42. The highest BCUT2D eigenvalue weighted by molar-refractivity contribution is 5.91. The van der Waals surface area contributed by atoms with Gasteiger partial charge in [-0.15, -0.1) is 0 Å². The lowest BCUT2D eigenvalue weighted by Crippen LogP contribution is -2.60. The maximum absolute atomic E-state index is 13.7. The third-order valence-electron chi connectivity index (χ3n) is 11.0. The molecule has 366 valence electrons. The van der Waals surface area contributed by atoms with E-state index in [0.29, 0.717) is 0 Å².